The monoisotopic (exact) mass is 322 g/mol. The molecule has 0 spiro atoms. The Bertz CT molecular complexity index is 685. The molecule has 0 bridgehead atoms. The highest BCUT2D eigenvalue weighted by Gasteiger charge is 2.29. The van der Waals surface area contributed by atoms with Crippen LogP contribution in [0.5, 0.6) is 0 Å². The fourth-order valence-corrected chi connectivity index (χ4v) is 3.21. The predicted molar refractivity (Wildman–Crippen MR) is 93.5 cm³/mol. The Morgan fingerprint density at radius 1 is 1.00 bits per heavy atom. The second kappa shape index (κ2) is 7.77. The molecule has 1 aliphatic rings. The SMILES string of the molecule is O=C(NCCC(=O)N1CCCC1c1ccccc1)c1ccccc1. The van der Waals surface area contributed by atoms with Gasteiger partial charge in [-0.15, -0.1) is 0 Å². The lowest BCUT2D eigenvalue weighted by Gasteiger charge is -2.25. The molecule has 1 aliphatic heterocycles. The van der Waals surface area contributed by atoms with Gasteiger partial charge in [0.05, 0.1) is 6.04 Å². The number of amides is 2. The summed E-state index contributed by atoms with van der Waals surface area (Å²) in [5.41, 5.74) is 1.81. The molecular formula is C20H22N2O2. The van der Waals surface area contributed by atoms with E-state index in [4.69, 9.17) is 0 Å². The number of hydrogen-bond acceptors (Lipinski definition) is 2. The van der Waals surface area contributed by atoms with Crippen LogP contribution < -0.4 is 5.32 Å². The van der Waals surface area contributed by atoms with Crippen molar-refractivity contribution in [2.75, 3.05) is 13.1 Å². The third-order valence-corrected chi connectivity index (χ3v) is 4.42. The first-order chi connectivity index (χ1) is 11.8. The van der Waals surface area contributed by atoms with Gasteiger partial charge in [0, 0.05) is 25.1 Å². The van der Waals surface area contributed by atoms with E-state index in [-0.39, 0.29) is 17.9 Å². The number of carbonyl (C=O) groups excluding carboxylic acids is 2. The van der Waals surface area contributed by atoms with Crippen LogP contribution in [-0.4, -0.2) is 29.8 Å². The van der Waals surface area contributed by atoms with E-state index in [2.05, 4.69) is 17.4 Å². The third kappa shape index (κ3) is 3.82. The van der Waals surface area contributed by atoms with Crippen LogP contribution in [0.15, 0.2) is 60.7 Å². The van der Waals surface area contributed by atoms with Crippen LogP contribution in [0.1, 0.15) is 41.2 Å². The Balaban J connectivity index is 1.52. The molecule has 1 heterocycles. The van der Waals surface area contributed by atoms with Crippen LogP contribution in [-0.2, 0) is 4.79 Å². The first-order valence-corrected chi connectivity index (χ1v) is 8.43. The highest BCUT2D eigenvalue weighted by atomic mass is 16.2. The number of carbonyl (C=O) groups is 2. The summed E-state index contributed by atoms with van der Waals surface area (Å²) < 4.78 is 0. The van der Waals surface area contributed by atoms with Crippen molar-refractivity contribution in [3.63, 3.8) is 0 Å². The number of nitrogens with one attached hydrogen (secondary N) is 1. The summed E-state index contributed by atoms with van der Waals surface area (Å²) in [5.74, 6) is -0.0286. The Kier molecular flexibility index (Phi) is 5.26. The summed E-state index contributed by atoms with van der Waals surface area (Å²) in [6.45, 7) is 1.16. The minimum Gasteiger partial charge on any atom is -0.352 e. The minimum atomic E-state index is -0.135. The Hall–Kier alpha value is -2.62. The molecule has 2 amide bonds. The molecule has 3 rings (SSSR count). The predicted octanol–water partition coefficient (Wildman–Crippen LogP) is 3.17. The summed E-state index contributed by atoms with van der Waals surface area (Å²) >= 11 is 0. The zero-order chi connectivity index (χ0) is 16.8. The first kappa shape index (κ1) is 16.2. The maximum Gasteiger partial charge on any atom is 0.251 e. The summed E-state index contributed by atoms with van der Waals surface area (Å²) in [4.78, 5) is 26.5. The van der Waals surface area contributed by atoms with E-state index in [1.807, 2.05) is 41.3 Å². The van der Waals surface area contributed by atoms with Crippen molar-refractivity contribution in [2.45, 2.75) is 25.3 Å². The normalized spacial score (nSPS) is 16.8. The fraction of sp³-hybridized carbons (Fsp3) is 0.300. The van der Waals surface area contributed by atoms with Crippen LogP contribution in [0.2, 0.25) is 0 Å². The van der Waals surface area contributed by atoms with Gasteiger partial charge >= 0.3 is 0 Å². The van der Waals surface area contributed by atoms with Crippen molar-refractivity contribution in [3.05, 3.63) is 71.8 Å². The van der Waals surface area contributed by atoms with Crippen molar-refractivity contribution in [1.29, 1.82) is 0 Å². The van der Waals surface area contributed by atoms with Crippen LogP contribution in [0.25, 0.3) is 0 Å². The lowest BCUT2D eigenvalue weighted by atomic mass is 10.0. The summed E-state index contributed by atoms with van der Waals surface area (Å²) in [6, 6.07) is 19.4. The lowest BCUT2D eigenvalue weighted by molar-refractivity contribution is -0.132. The molecule has 2 aromatic rings. The summed E-state index contributed by atoms with van der Waals surface area (Å²) in [6.07, 6.45) is 2.37. The Labute approximate surface area is 142 Å². The molecule has 4 nitrogen and oxygen atoms in total. The van der Waals surface area contributed by atoms with E-state index < -0.39 is 0 Å². The number of rotatable bonds is 5. The van der Waals surface area contributed by atoms with E-state index in [1.165, 1.54) is 5.56 Å². The van der Waals surface area contributed by atoms with Crippen molar-refractivity contribution in [1.82, 2.24) is 10.2 Å². The largest absolute Gasteiger partial charge is 0.352 e. The molecule has 24 heavy (non-hydrogen) atoms. The van der Waals surface area contributed by atoms with Gasteiger partial charge in [0.2, 0.25) is 5.91 Å². The topological polar surface area (TPSA) is 49.4 Å². The average molecular weight is 322 g/mol. The van der Waals surface area contributed by atoms with Gasteiger partial charge in [-0.3, -0.25) is 9.59 Å². The zero-order valence-corrected chi connectivity index (χ0v) is 13.7. The Morgan fingerprint density at radius 3 is 2.38 bits per heavy atom. The van der Waals surface area contributed by atoms with Crippen LogP contribution in [0, 0.1) is 0 Å². The zero-order valence-electron chi connectivity index (χ0n) is 13.7. The average Bonchev–Trinajstić information content (AvgIpc) is 3.13. The molecule has 0 aliphatic carbocycles. The minimum absolute atomic E-state index is 0.106. The second-order valence-corrected chi connectivity index (χ2v) is 6.03. The van der Waals surface area contributed by atoms with Crippen molar-refractivity contribution in [2.24, 2.45) is 0 Å². The van der Waals surface area contributed by atoms with Gasteiger partial charge in [-0.1, -0.05) is 48.5 Å². The van der Waals surface area contributed by atoms with Crippen molar-refractivity contribution < 1.29 is 9.59 Å². The van der Waals surface area contributed by atoms with Gasteiger partial charge < -0.3 is 10.2 Å². The van der Waals surface area contributed by atoms with E-state index in [0.29, 0.717) is 18.5 Å². The van der Waals surface area contributed by atoms with Gasteiger partial charge in [0.25, 0.3) is 5.91 Å². The molecule has 1 fully saturated rings. The second-order valence-electron chi connectivity index (χ2n) is 6.03. The number of benzene rings is 2. The molecule has 1 saturated heterocycles. The third-order valence-electron chi connectivity index (χ3n) is 4.42. The maximum absolute atomic E-state index is 12.5. The van der Waals surface area contributed by atoms with Crippen LogP contribution in [0.4, 0.5) is 0 Å². The Morgan fingerprint density at radius 2 is 1.67 bits per heavy atom. The molecule has 2 aromatic carbocycles. The summed E-state index contributed by atoms with van der Waals surface area (Å²) in [7, 11) is 0. The van der Waals surface area contributed by atoms with Crippen molar-refractivity contribution >= 4 is 11.8 Å². The maximum atomic E-state index is 12.5. The molecule has 0 radical (unpaired) electrons. The van der Waals surface area contributed by atoms with Gasteiger partial charge in [0.1, 0.15) is 0 Å². The molecule has 0 saturated carbocycles. The number of nitrogens with zero attached hydrogens (tertiary/aromatic N) is 1. The molecular weight excluding hydrogens is 300 g/mol. The van der Waals surface area contributed by atoms with Gasteiger partial charge in [-0.05, 0) is 30.5 Å². The molecule has 124 valence electrons. The summed E-state index contributed by atoms with van der Waals surface area (Å²) in [5, 5.41) is 2.82. The van der Waals surface area contributed by atoms with Gasteiger partial charge in [0.15, 0.2) is 0 Å². The fourth-order valence-electron chi connectivity index (χ4n) is 3.21. The van der Waals surface area contributed by atoms with E-state index in [9.17, 15) is 9.59 Å². The quantitative estimate of drug-likeness (QED) is 0.919. The van der Waals surface area contributed by atoms with Crippen LogP contribution in [0.3, 0.4) is 0 Å². The lowest BCUT2D eigenvalue weighted by Crippen LogP contribution is -2.34. The number of likely N-dealkylation sites (tertiary alicyclic amines) is 1. The molecule has 1 unspecified atom stereocenters. The van der Waals surface area contributed by atoms with Gasteiger partial charge in [-0.2, -0.15) is 0 Å². The van der Waals surface area contributed by atoms with E-state index in [1.54, 1.807) is 12.1 Å². The molecule has 0 aromatic heterocycles. The number of hydrogen-bond donors (Lipinski definition) is 1. The molecule has 1 atom stereocenters. The highest BCUT2D eigenvalue weighted by Crippen LogP contribution is 2.32. The molecule has 1 N–H and O–H groups in total. The van der Waals surface area contributed by atoms with Crippen molar-refractivity contribution in [3.8, 4) is 0 Å². The molecule has 4 heteroatoms. The smallest absolute Gasteiger partial charge is 0.251 e. The van der Waals surface area contributed by atoms with Gasteiger partial charge in [-0.25, -0.2) is 0 Å². The van der Waals surface area contributed by atoms with E-state index in [0.717, 1.165) is 19.4 Å². The van der Waals surface area contributed by atoms with E-state index >= 15 is 0 Å². The first-order valence-electron chi connectivity index (χ1n) is 8.43. The highest BCUT2D eigenvalue weighted by molar-refractivity contribution is 5.94. The van der Waals surface area contributed by atoms with Crippen LogP contribution >= 0.6 is 0 Å². The standard InChI is InChI=1S/C20H22N2O2/c23-19(13-14-21-20(24)17-10-5-2-6-11-17)22-15-7-12-18(22)16-8-3-1-4-9-16/h1-6,8-11,18H,7,12-15H2,(H,21,24).